The summed E-state index contributed by atoms with van der Waals surface area (Å²) in [4.78, 5) is 2.14. The van der Waals surface area contributed by atoms with Gasteiger partial charge in [-0.3, -0.25) is 0 Å². The van der Waals surface area contributed by atoms with Gasteiger partial charge in [0.15, 0.2) is 0 Å². The third-order valence-electron chi connectivity index (χ3n) is 2.91. The minimum atomic E-state index is -0.226. The van der Waals surface area contributed by atoms with Crippen molar-refractivity contribution < 1.29 is 9.84 Å². The number of β-amino-alcohol motifs (C(OH)–C–C–N with tert-alkyl or cyclic N) is 1. The number of benzene rings is 1. The van der Waals surface area contributed by atoms with Crippen LogP contribution in [0.15, 0.2) is 18.2 Å². The summed E-state index contributed by atoms with van der Waals surface area (Å²) in [6, 6.07) is 5.76. The fraction of sp³-hybridized carbons (Fsp3) is 0.538. The van der Waals surface area contributed by atoms with Crippen molar-refractivity contribution in [1.29, 1.82) is 0 Å². The van der Waals surface area contributed by atoms with E-state index in [1.165, 1.54) is 0 Å². The van der Waals surface area contributed by atoms with Crippen LogP contribution in [0.25, 0.3) is 0 Å². The van der Waals surface area contributed by atoms with Crippen LogP contribution in [0.3, 0.4) is 0 Å². The quantitative estimate of drug-likeness (QED) is 0.780. The number of aliphatic hydroxyl groups excluding tert-OH is 1. The highest BCUT2D eigenvalue weighted by Crippen LogP contribution is 2.28. The zero-order chi connectivity index (χ0) is 12.3. The van der Waals surface area contributed by atoms with Gasteiger partial charge < -0.3 is 20.5 Å². The Morgan fingerprint density at radius 3 is 2.94 bits per heavy atom. The predicted molar refractivity (Wildman–Crippen MR) is 69.5 cm³/mol. The normalized spacial score (nSPS) is 19.6. The summed E-state index contributed by atoms with van der Waals surface area (Å²) in [6.07, 6.45) is 1.57. The molecule has 1 unspecified atom stereocenters. The second-order valence-electron chi connectivity index (χ2n) is 4.50. The highest BCUT2D eigenvalue weighted by molar-refractivity contribution is 5.61. The minimum Gasteiger partial charge on any atom is -0.493 e. The molecule has 1 atom stereocenters. The molecule has 1 fully saturated rings. The zero-order valence-corrected chi connectivity index (χ0v) is 10.2. The van der Waals surface area contributed by atoms with Gasteiger partial charge in [0.1, 0.15) is 5.75 Å². The summed E-state index contributed by atoms with van der Waals surface area (Å²) in [5.74, 6) is 0.809. The van der Waals surface area contributed by atoms with E-state index in [0.29, 0.717) is 18.8 Å². The lowest BCUT2D eigenvalue weighted by Crippen LogP contribution is -2.21. The molecule has 94 valence electrons. The molecule has 2 rings (SSSR count). The SMILES string of the molecule is CCCOc1cc(N)cc(N2CCC(O)C2)c1. The standard InChI is InChI=1S/C13H20N2O2/c1-2-5-17-13-7-10(14)6-11(8-13)15-4-3-12(16)9-15/h6-8,12,16H,2-5,9,14H2,1H3. The predicted octanol–water partition coefficient (Wildman–Crippen LogP) is 1.63. The first-order chi connectivity index (χ1) is 8.19. The molecule has 1 aliphatic heterocycles. The molecule has 4 heteroatoms. The van der Waals surface area contributed by atoms with Gasteiger partial charge >= 0.3 is 0 Å². The fourth-order valence-corrected chi connectivity index (χ4v) is 2.07. The second kappa shape index (κ2) is 5.27. The number of rotatable bonds is 4. The Bertz CT molecular complexity index is 382. The van der Waals surface area contributed by atoms with Crippen molar-refractivity contribution in [3.05, 3.63) is 18.2 Å². The number of hydrogen-bond donors (Lipinski definition) is 2. The van der Waals surface area contributed by atoms with Crippen molar-refractivity contribution in [2.75, 3.05) is 30.3 Å². The highest BCUT2D eigenvalue weighted by atomic mass is 16.5. The van der Waals surface area contributed by atoms with Gasteiger partial charge in [0.25, 0.3) is 0 Å². The first kappa shape index (κ1) is 12.0. The van der Waals surface area contributed by atoms with Crippen LogP contribution in [0.2, 0.25) is 0 Å². The summed E-state index contributed by atoms with van der Waals surface area (Å²) >= 11 is 0. The Labute approximate surface area is 102 Å². The molecule has 1 aromatic carbocycles. The van der Waals surface area contributed by atoms with Gasteiger partial charge in [0, 0.05) is 36.6 Å². The molecule has 0 radical (unpaired) electrons. The second-order valence-corrected chi connectivity index (χ2v) is 4.50. The van der Waals surface area contributed by atoms with Crippen molar-refractivity contribution in [2.45, 2.75) is 25.9 Å². The van der Waals surface area contributed by atoms with E-state index in [-0.39, 0.29) is 6.10 Å². The topological polar surface area (TPSA) is 58.7 Å². The van der Waals surface area contributed by atoms with Crippen LogP contribution >= 0.6 is 0 Å². The third-order valence-corrected chi connectivity index (χ3v) is 2.91. The Hall–Kier alpha value is -1.42. The van der Waals surface area contributed by atoms with Gasteiger partial charge in [-0.25, -0.2) is 0 Å². The number of aliphatic hydroxyl groups is 1. The summed E-state index contributed by atoms with van der Waals surface area (Å²) in [5, 5.41) is 9.54. The molecule has 0 amide bonds. The fourth-order valence-electron chi connectivity index (χ4n) is 2.07. The van der Waals surface area contributed by atoms with E-state index < -0.39 is 0 Å². The molecule has 3 N–H and O–H groups in total. The first-order valence-electron chi connectivity index (χ1n) is 6.15. The third kappa shape index (κ3) is 3.03. The van der Waals surface area contributed by atoms with E-state index >= 15 is 0 Å². The van der Waals surface area contributed by atoms with E-state index in [9.17, 15) is 5.11 Å². The maximum Gasteiger partial charge on any atom is 0.123 e. The van der Waals surface area contributed by atoms with Crippen molar-refractivity contribution in [3.8, 4) is 5.75 Å². The largest absolute Gasteiger partial charge is 0.493 e. The summed E-state index contributed by atoms with van der Waals surface area (Å²) < 4.78 is 5.59. The molecule has 0 bridgehead atoms. The van der Waals surface area contributed by atoms with E-state index in [1.54, 1.807) is 0 Å². The van der Waals surface area contributed by atoms with Crippen LogP contribution in [0.5, 0.6) is 5.75 Å². The number of ether oxygens (including phenoxy) is 1. The smallest absolute Gasteiger partial charge is 0.123 e. The van der Waals surface area contributed by atoms with Crippen LogP contribution < -0.4 is 15.4 Å². The minimum absolute atomic E-state index is 0.226. The molecule has 0 saturated carbocycles. The van der Waals surface area contributed by atoms with Gasteiger partial charge in [-0.1, -0.05) is 6.92 Å². The average Bonchev–Trinajstić information content (AvgIpc) is 2.72. The summed E-state index contributed by atoms with van der Waals surface area (Å²) in [7, 11) is 0. The molecular formula is C13H20N2O2. The van der Waals surface area contributed by atoms with E-state index in [0.717, 1.165) is 30.8 Å². The van der Waals surface area contributed by atoms with E-state index in [4.69, 9.17) is 10.5 Å². The Morgan fingerprint density at radius 2 is 2.29 bits per heavy atom. The van der Waals surface area contributed by atoms with Gasteiger partial charge in [-0.15, -0.1) is 0 Å². The van der Waals surface area contributed by atoms with E-state index in [1.807, 2.05) is 18.2 Å². The summed E-state index contributed by atoms with van der Waals surface area (Å²) in [6.45, 7) is 4.32. The molecule has 1 aliphatic rings. The number of hydrogen-bond acceptors (Lipinski definition) is 4. The molecule has 4 nitrogen and oxygen atoms in total. The number of anilines is 2. The monoisotopic (exact) mass is 236 g/mol. The molecule has 1 saturated heterocycles. The zero-order valence-electron chi connectivity index (χ0n) is 10.2. The maximum absolute atomic E-state index is 9.54. The molecular weight excluding hydrogens is 216 g/mol. The number of nitrogens with two attached hydrogens (primary N) is 1. The summed E-state index contributed by atoms with van der Waals surface area (Å²) in [5.41, 5.74) is 7.60. The van der Waals surface area contributed by atoms with Gasteiger partial charge in [0.2, 0.25) is 0 Å². The molecule has 0 aliphatic carbocycles. The van der Waals surface area contributed by atoms with Crippen LogP contribution in [-0.2, 0) is 0 Å². The Morgan fingerprint density at radius 1 is 1.47 bits per heavy atom. The lowest BCUT2D eigenvalue weighted by atomic mass is 10.2. The molecule has 1 aromatic rings. The van der Waals surface area contributed by atoms with Crippen LogP contribution in [0, 0.1) is 0 Å². The average molecular weight is 236 g/mol. The van der Waals surface area contributed by atoms with Crippen LogP contribution in [0.1, 0.15) is 19.8 Å². The van der Waals surface area contributed by atoms with Crippen LogP contribution in [0.4, 0.5) is 11.4 Å². The number of nitrogens with zero attached hydrogens (tertiary/aromatic N) is 1. The van der Waals surface area contributed by atoms with Crippen molar-refractivity contribution in [3.63, 3.8) is 0 Å². The molecule has 0 spiro atoms. The molecule has 0 aromatic heterocycles. The molecule has 17 heavy (non-hydrogen) atoms. The molecule has 1 heterocycles. The van der Waals surface area contributed by atoms with Gasteiger partial charge in [-0.05, 0) is 18.9 Å². The Kier molecular flexibility index (Phi) is 3.74. The first-order valence-corrected chi connectivity index (χ1v) is 6.15. The number of nitrogen functional groups attached to an aromatic ring is 1. The lowest BCUT2D eigenvalue weighted by Gasteiger charge is -2.19. The van der Waals surface area contributed by atoms with Crippen molar-refractivity contribution in [2.24, 2.45) is 0 Å². The Balaban J connectivity index is 2.13. The van der Waals surface area contributed by atoms with E-state index in [2.05, 4.69) is 11.8 Å². The lowest BCUT2D eigenvalue weighted by molar-refractivity contribution is 0.198. The van der Waals surface area contributed by atoms with Gasteiger partial charge in [-0.2, -0.15) is 0 Å². The maximum atomic E-state index is 9.54. The van der Waals surface area contributed by atoms with Crippen LogP contribution in [-0.4, -0.2) is 30.9 Å². The van der Waals surface area contributed by atoms with Gasteiger partial charge in [0.05, 0.1) is 12.7 Å². The highest BCUT2D eigenvalue weighted by Gasteiger charge is 2.20. The van der Waals surface area contributed by atoms with Crippen molar-refractivity contribution in [1.82, 2.24) is 0 Å². The van der Waals surface area contributed by atoms with Crippen molar-refractivity contribution >= 4 is 11.4 Å².